The number of nitrogens with one attached hydrogen (secondary N) is 1. The van der Waals surface area contributed by atoms with E-state index in [0.29, 0.717) is 0 Å². The van der Waals surface area contributed by atoms with Gasteiger partial charge in [-0.3, -0.25) is 19.2 Å². The lowest BCUT2D eigenvalue weighted by molar-refractivity contribution is -0.263. The van der Waals surface area contributed by atoms with Crippen molar-refractivity contribution in [2.75, 3.05) is 6.61 Å². The van der Waals surface area contributed by atoms with Crippen LogP contribution in [0.3, 0.4) is 0 Å². The normalized spacial score (nSPS) is 24.6. The Labute approximate surface area is 184 Å². The Morgan fingerprint density at radius 2 is 1.44 bits per heavy atom. The summed E-state index contributed by atoms with van der Waals surface area (Å²) in [4.78, 5) is 59.3. The monoisotopic (exact) mass is 451 g/mol. The number of benzene rings is 1. The van der Waals surface area contributed by atoms with Crippen molar-refractivity contribution in [3.8, 4) is 0 Å². The van der Waals surface area contributed by atoms with Crippen molar-refractivity contribution >= 4 is 29.8 Å². The highest BCUT2D eigenvalue weighted by Crippen LogP contribution is 2.28. The highest BCUT2D eigenvalue weighted by atomic mass is 16.7. The quantitative estimate of drug-likeness (QED) is 0.460. The van der Waals surface area contributed by atoms with Crippen LogP contribution in [-0.2, 0) is 42.9 Å². The Morgan fingerprint density at radius 3 is 1.97 bits per heavy atom. The third kappa shape index (κ3) is 7.05. The van der Waals surface area contributed by atoms with Crippen molar-refractivity contribution in [3.05, 3.63) is 35.9 Å². The van der Waals surface area contributed by atoms with Gasteiger partial charge in [0.05, 0.1) is 5.56 Å². The van der Waals surface area contributed by atoms with Crippen LogP contribution in [-0.4, -0.2) is 67.0 Å². The van der Waals surface area contributed by atoms with Crippen molar-refractivity contribution in [3.63, 3.8) is 0 Å². The molecule has 174 valence electrons. The third-order valence-electron chi connectivity index (χ3n) is 4.30. The van der Waals surface area contributed by atoms with Gasteiger partial charge >= 0.3 is 23.9 Å². The molecule has 1 fully saturated rings. The van der Waals surface area contributed by atoms with E-state index in [4.69, 9.17) is 23.7 Å². The number of rotatable bonds is 7. The summed E-state index contributed by atoms with van der Waals surface area (Å²) in [5.74, 6) is -3.43. The average molecular weight is 451 g/mol. The van der Waals surface area contributed by atoms with Crippen molar-refractivity contribution < 1.29 is 47.7 Å². The summed E-state index contributed by atoms with van der Waals surface area (Å²) in [6.45, 7) is 4.23. The largest absolute Gasteiger partial charge is 0.463 e. The van der Waals surface area contributed by atoms with Crippen LogP contribution in [0.1, 0.15) is 38.1 Å². The van der Waals surface area contributed by atoms with Crippen LogP contribution in [0.25, 0.3) is 0 Å². The first-order chi connectivity index (χ1) is 15.1. The second kappa shape index (κ2) is 11.2. The fourth-order valence-electron chi connectivity index (χ4n) is 3.14. The van der Waals surface area contributed by atoms with Gasteiger partial charge in [0.15, 0.2) is 12.2 Å². The molecule has 2 rings (SSSR count). The van der Waals surface area contributed by atoms with E-state index in [0.717, 1.165) is 13.8 Å². The number of amides is 1. The molecule has 1 aliphatic rings. The van der Waals surface area contributed by atoms with Gasteiger partial charge in [-0.1, -0.05) is 18.2 Å². The van der Waals surface area contributed by atoms with Crippen LogP contribution >= 0.6 is 0 Å². The number of hydrogen-bond acceptors (Lipinski definition) is 10. The van der Waals surface area contributed by atoms with Gasteiger partial charge in [-0.05, 0) is 12.1 Å². The number of ether oxygens (including phenoxy) is 5. The molecule has 1 aromatic rings. The van der Waals surface area contributed by atoms with E-state index in [-0.39, 0.29) is 5.56 Å². The Bertz CT molecular complexity index is 855. The second-order valence-electron chi connectivity index (χ2n) is 6.99. The molecule has 1 N–H and O–H groups in total. The van der Waals surface area contributed by atoms with Gasteiger partial charge in [0.25, 0.3) is 0 Å². The Hall–Kier alpha value is -3.47. The molecule has 5 atom stereocenters. The minimum atomic E-state index is -1.46. The number of hydrogen-bond donors (Lipinski definition) is 1. The Morgan fingerprint density at radius 1 is 0.844 bits per heavy atom. The van der Waals surface area contributed by atoms with Crippen LogP contribution in [0.2, 0.25) is 0 Å². The standard InChI is InChI=1S/C21H25NO10/c1-11(23)22-17-19(30-14(4)26)18(29-13(3)25)16(10-28-12(2)24)31-21(17)32-20(27)15-8-6-5-7-9-15/h5-9,16-19,21H,10H2,1-4H3,(H,22,23)/t16-,17-,18+,19+,21-/m0/s1. The predicted octanol–water partition coefficient (Wildman–Crippen LogP) is 0.499. The van der Waals surface area contributed by atoms with E-state index in [2.05, 4.69) is 5.32 Å². The van der Waals surface area contributed by atoms with Crippen LogP contribution in [0.4, 0.5) is 0 Å². The summed E-state index contributed by atoms with van der Waals surface area (Å²) in [5.41, 5.74) is 0.209. The van der Waals surface area contributed by atoms with E-state index in [1.807, 2.05) is 0 Å². The molecule has 0 saturated carbocycles. The molecule has 1 amide bonds. The van der Waals surface area contributed by atoms with Crippen molar-refractivity contribution in [2.24, 2.45) is 0 Å². The first-order valence-electron chi connectivity index (χ1n) is 9.75. The second-order valence-corrected chi connectivity index (χ2v) is 6.99. The van der Waals surface area contributed by atoms with Gasteiger partial charge in [0, 0.05) is 27.7 Å². The van der Waals surface area contributed by atoms with E-state index in [1.54, 1.807) is 18.2 Å². The maximum absolute atomic E-state index is 12.6. The van der Waals surface area contributed by atoms with E-state index in [1.165, 1.54) is 26.0 Å². The lowest BCUT2D eigenvalue weighted by atomic mass is 9.96. The van der Waals surface area contributed by atoms with E-state index < -0.39 is 67.0 Å². The summed E-state index contributed by atoms with van der Waals surface area (Å²) in [6.07, 6.45) is -5.18. The molecule has 0 spiro atoms. The molecule has 11 heteroatoms. The molecule has 0 aromatic heterocycles. The fourth-order valence-corrected chi connectivity index (χ4v) is 3.14. The van der Waals surface area contributed by atoms with Crippen LogP contribution in [0.15, 0.2) is 30.3 Å². The summed E-state index contributed by atoms with van der Waals surface area (Å²) in [5, 5.41) is 2.52. The van der Waals surface area contributed by atoms with Gasteiger partial charge in [-0.25, -0.2) is 4.79 Å². The number of esters is 4. The fraction of sp³-hybridized carbons (Fsp3) is 0.476. The van der Waals surface area contributed by atoms with Gasteiger partial charge < -0.3 is 29.0 Å². The summed E-state index contributed by atoms with van der Waals surface area (Å²) in [7, 11) is 0. The Balaban J connectivity index is 2.42. The molecule has 0 radical (unpaired) electrons. The topological polar surface area (TPSA) is 144 Å². The van der Waals surface area contributed by atoms with Gasteiger partial charge in [0.2, 0.25) is 12.2 Å². The van der Waals surface area contributed by atoms with Crippen LogP contribution < -0.4 is 5.32 Å². The van der Waals surface area contributed by atoms with Crippen molar-refractivity contribution in [1.29, 1.82) is 0 Å². The highest BCUT2D eigenvalue weighted by molar-refractivity contribution is 5.89. The first kappa shape index (κ1) is 24.8. The van der Waals surface area contributed by atoms with E-state index in [9.17, 15) is 24.0 Å². The highest BCUT2D eigenvalue weighted by Gasteiger charge is 2.52. The van der Waals surface area contributed by atoms with Crippen LogP contribution in [0.5, 0.6) is 0 Å². The Kier molecular flexibility index (Phi) is 8.71. The maximum atomic E-state index is 12.6. The summed E-state index contributed by atoms with van der Waals surface area (Å²) >= 11 is 0. The SMILES string of the molecule is CC(=O)N[C@@H]1[C@H](OC(=O)c2ccccc2)O[C@@H](COC(C)=O)[C@@H](OC(C)=O)[C@@H]1OC(C)=O. The minimum Gasteiger partial charge on any atom is -0.463 e. The van der Waals surface area contributed by atoms with E-state index >= 15 is 0 Å². The van der Waals surface area contributed by atoms with Gasteiger partial charge in [0.1, 0.15) is 18.8 Å². The molecule has 0 unspecified atom stereocenters. The molecule has 1 aromatic carbocycles. The lowest BCUT2D eigenvalue weighted by Crippen LogP contribution is -2.66. The van der Waals surface area contributed by atoms with Gasteiger partial charge in [-0.15, -0.1) is 0 Å². The third-order valence-corrected chi connectivity index (χ3v) is 4.30. The summed E-state index contributed by atoms with van der Waals surface area (Å²) < 4.78 is 26.8. The zero-order chi connectivity index (χ0) is 23.8. The molecule has 0 aliphatic carbocycles. The molecule has 1 aliphatic heterocycles. The molecular weight excluding hydrogens is 426 g/mol. The van der Waals surface area contributed by atoms with Crippen LogP contribution in [0, 0.1) is 0 Å². The molecule has 32 heavy (non-hydrogen) atoms. The maximum Gasteiger partial charge on any atom is 0.340 e. The zero-order valence-corrected chi connectivity index (χ0v) is 18.1. The molecular formula is C21H25NO10. The molecule has 11 nitrogen and oxygen atoms in total. The minimum absolute atomic E-state index is 0.209. The molecule has 1 saturated heterocycles. The first-order valence-corrected chi connectivity index (χ1v) is 9.75. The number of carbonyl (C=O) groups excluding carboxylic acids is 5. The lowest BCUT2D eigenvalue weighted by Gasteiger charge is -2.44. The zero-order valence-electron chi connectivity index (χ0n) is 18.1. The number of carbonyl (C=O) groups is 5. The van der Waals surface area contributed by atoms with Crippen molar-refractivity contribution in [2.45, 2.75) is 58.3 Å². The summed E-state index contributed by atoms with van der Waals surface area (Å²) in [6, 6.07) is 6.78. The molecule has 0 bridgehead atoms. The average Bonchev–Trinajstić information content (AvgIpc) is 2.70. The molecule has 1 heterocycles. The van der Waals surface area contributed by atoms with Crippen molar-refractivity contribution in [1.82, 2.24) is 5.32 Å². The smallest absolute Gasteiger partial charge is 0.340 e. The predicted molar refractivity (Wildman–Crippen MR) is 106 cm³/mol. The van der Waals surface area contributed by atoms with Gasteiger partial charge in [-0.2, -0.15) is 0 Å².